The quantitative estimate of drug-likeness (QED) is 0.0364. The third-order valence-corrected chi connectivity index (χ3v) is 25.3. The maximum absolute atomic E-state index is 15.9. The molecule has 9 rings (SSSR count). The number of thiophene rings is 6. The summed E-state index contributed by atoms with van der Waals surface area (Å²) in [4.78, 5) is 46.1. The summed E-state index contributed by atoms with van der Waals surface area (Å²) in [6, 6.07) is 23.4. The van der Waals surface area contributed by atoms with E-state index in [4.69, 9.17) is 0 Å². The number of rotatable bonds is 37. The summed E-state index contributed by atoms with van der Waals surface area (Å²) < 4.78 is 3.76. The molecule has 4 nitrogen and oxygen atoms in total. The molecule has 1 aromatic carbocycles. The van der Waals surface area contributed by atoms with E-state index in [2.05, 4.69) is 147 Å². The Kier molecular flexibility index (Phi) is 24.5. The molecule has 8 heterocycles. The van der Waals surface area contributed by atoms with E-state index < -0.39 is 0 Å². The van der Waals surface area contributed by atoms with Crippen molar-refractivity contribution in [1.29, 1.82) is 0 Å². The van der Waals surface area contributed by atoms with Crippen LogP contribution in [0.5, 0.6) is 0 Å². The fourth-order valence-corrected chi connectivity index (χ4v) is 20.5. The fraction of sp³-hybridized carbons (Fsp3) is 0.556. The van der Waals surface area contributed by atoms with Crippen LogP contribution in [0, 0.1) is 23.7 Å². The summed E-state index contributed by atoms with van der Waals surface area (Å²) in [7, 11) is 0. The maximum Gasteiger partial charge on any atom is 0.261 e. The van der Waals surface area contributed by atoms with Gasteiger partial charge in [0.05, 0.1) is 36.1 Å². The lowest BCUT2D eigenvalue weighted by atomic mass is 9.94. The number of hydrogen-bond acceptors (Lipinski definition) is 8. The van der Waals surface area contributed by atoms with Crippen molar-refractivity contribution in [2.24, 2.45) is 23.7 Å². The molecular weight excluding hydrogens is 1200 g/mol. The van der Waals surface area contributed by atoms with Crippen LogP contribution in [0.15, 0.2) is 81.0 Å². The van der Waals surface area contributed by atoms with Crippen molar-refractivity contribution in [3.63, 3.8) is 0 Å². The summed E-state index contributed by atoms with van der Waals surface area (Å²) in [6.07, 6.45) is 31.0. The van der Waals surface area contributed by atoms with Crippen molar-refractivity contribution in [3.05, 3.63) is 100 Å². The molecule has 2 aliphatic heterocycles. The van der Waals surface area contributed by atoms with Crippen molar-refractivity contribution in [3.8, 4) is 30.6 Å². The molecule has 7 aromatic rings. The monoisotopic (exact) mass is 1290 g/mol. The van der Waals surface area contributed by atoms with Gasteiger partial charge in [0, 0.05) is 73.7 Å². The number of amides is 2. The van der Waals surface area contributed by atoms with Crippen LogP contribution < -0.4 is 0 Å². The first-order valence-corrected chi connectivity index (χ1v) is 38.5. The molecule has 0 saturated heterocycles. The number of benzene rings is 1. The molecule has 448 valence electrons. The van der Waals surface area contributed by atoms with Gasteiger partial charge >= 0.3 is 0 Å². The van der Waals surface area contributed by atoms with E-state index in [0.717, 1.165) is 89.1 Å². The van der Waals surface area contributed by atoms with Gasteiger partial charge in [0.25, 0.3) is 11.8 Å². The molecule has 11 heteroatoms. The highest BCUT2D eigenvalue weighted by molar-refractivity contribution is 9.11. The number of carbonyl (C=O) groups excluding carboxylic acids is 2. The van der Waals surface area contributed by atoms with Crippen molar-refractivity contribution >= 4 is 127 Å². The van der Waals surface area contributed by atoms with Gasteiger partial charge in [-0.25, -0.2) is 0 Å². The third kappa shape index (κ3) is 15.2. The standard InChI is InChI=1S/C72H95BrN2O2S6/c1-9-17-23-25-31-50(29-21-13-5)46-74-67(65-66(72(74)77)68(60-39-40-62(73)82-60)75(71(65)76)47-51(30-22-14-6)32-26-24-18-10-2)59-38-37-56(81-59)61-45-55-64(58-36-34-53(80-58)44-49(16-8)28-20-12-4)69-54(41-42-78-69)63(70(55)83-61)57-35-33-52(79-57)43-48(15-7)27-19-11-3/h33-42,45,48-51H,9-32,43-44,46-47H2,1-8H3. The Bertz CT molecular complexity index is 3170. The van der Waals surface area contributed by atoms with Crippen LogP contribution in [-0.2, 0) is 22.4 Å². The molecule has 0 N–H and O–H groups in total. The predicted molar refractivity (Wildman–Crippen MR) is 374 cm³/mol. The lowest BCUT2D eigenvalue weighted by Gasteiger charge is -2.29. The molecule has 83 heavy (non-hydrogen) atoms. The van der Waals surface area contributed by atoms with Crippen molar-refractivity contribution in [2.75, 3.05) is 13.1 Å². The minimum atomic E-state index is 0.0107. The van der Waals surface area contributed by atoms with Gasteiger partial charge in [0.1, 0.15) is 0 Å². The Hall–Kier alpha value is -3.16. The van der Waals surface area contributed by atoms with Gasteiger partial charge in [0.15, 0.2) is 0 Å². The molecule has 0 bridgehead atoms. The second-order valence-electron chi connectivity index (χ2n) is 24.3. The average Bonchev–Trinajstić information content (AvgIpc) is 2.66. The van der Waals surface area contributed by atoms with Gasteiger partial charge in [-0.3, -0.25) is 9.59 Å². The van der Waals surface area contributed by atoms with Crippen LogP contribution >= 0.6 is 84.0 Å². The molecule has 4 atom stereocenters. The summed E-state index contributed by atoms with van der Waals surface area (Å²) in [5, 5.41) is 5.03. The van der Waals surface area contributed by atoms with Gasteiger partial charge in [-0.05, 0) is 144 Å². The van der Waals surface area contributed by atoms with E-state index >= 15 is 9.59 Å². The first-order valence-electron chi connectivity index (χ1n) is 32.7. The highest BCUT2D eigenvalue weighted by atomic mass is 79.9. The summed E-state index contributed by atoms with van der Waals surface area (Å²) in [5.41, 5.74) is 5.70. The van der Waals surface area contributed by atoms with E-state index in [0.29, 0.717) is 47.9 Å². The SMILES string of the molecule is CCCCCCC(CCCC)CN1C(=O)C2=C(c3ccc(-c4cc5c(-c6ccc(CC(CC)CCCC)s6)c6sccc6c(-c6ccc(CC(CC)CCCC)s6)c5s4)s3)N(CC(CCCC)CCCCCC)C(=O)C2=C1c1ccc(Br)s1. The fourth-order valence-electron chi connectivity index (χ4n) is 13.2. The first-order chi connectivity index (χ1) is 40.6. The Labute approximate surface area is 532 Å². The molecule has 0 spiro atoms. The van der Waals surface area contributed by atoms with Crippen LogP contribution in [0.4, 0.5) is 0 Å². The van der Waals surface area contributed by atoms with Crippen molar-refractivity contribution in [2.45, 2.75) is 222 Å². The topological polar surface area (TPSA) is 40.6 Å². The molecule has 4 unspecified atom stereocenters. The summed E-state index contributed by atoms with van der Waals surface area (Å²) in [6.45, 7) is 19.8. The zero-order valence-corrected chi connectivity index (χ0v) is 58.0. The second kappa shape index (κ2) is 31.7. The van der Waals surface area contributed by atoms with Gasteiger partial charge in [-0.15, -0.1) is 68.0 Å². The molecule has 6 aromatic heterocycles. The second-order valence-corrected chi connectivity index (χ2v) is 32.2. The number of hydrogen-bond donors (Lipinski definition) is 0. The zero-order chi connectivity index (χ0) is 58.4. The Morgan fingerprint density at radius 2 is 0.855 bits per heavy atom. The molecule has 0 radical (unpaired) electrons. The summed E-state index contributed by atoms with van der Waals surface area (Å²) in [5.74, 6) is 2.18. The van der Waals surface area contributed by atoms with Crippen LogP contribution in [0.1, 0.15) is 229 Å². The Morgan fingerprint density at radius 1 is 0.410 bits per heavy atom. The van der Waals surface area contributed by atoms with E-state index in [1.165, 1.54) is 163 Å². The number of carbonyl (C=O) groups is 2. The highest BCUT2D eigenvalue weighted by Crippen LogP contribution is 2.55. The van der Waals surface area contributed by atoms with Crippen LogP contribution in [0.2, 0.25) is 0 Å². The van der Waals surface area contributed by atoms with Gasteiger partial charge in [-0.2, -0.15) is 0 Å². The average molecular weight is 1290 g/mol. The van der Waals surface area contributed by atoms with Gasteiger partial charge < -0.3 is 9.80 Å². The molecule has 2 aliphatic rings. The van der Waals surface area contributed by atoms with E-state index in [1.807, 2.05) is 45.3 Å². The molecule has 0 saturated carbocycles. The smallest absolute Gasteiger partial charge is 0.261 e. The third-order valence-electron chi connectivity index (χ3n) is 18.1. The number of halogens is 1. The number of fused-ring (bicyclic) bond motifs is 3. The van der Waals surface area contributed by atoms with Crippen LogP contribution in [0.25, 0.3) is 62.2 Å². The molecule has 0 fully saturated rings. The number of nitrogens with zero attached hydrogens (tertiary/aromatic N) is 2. The lowest BCUT2D eigenvalue weighted by molar-refractivity contribution is -0.124. The van der Waals surface area contributed by atoms with Crippen LogP contribution in [0.3, 0.4) is 0 Å². The Morgan fingerprint density at radius 3 is 1.34 bits per heavy atom. The highest BCUT2D eigenvalue weighted by Gasteiger charge is 2.50. The van der Waals surface area contributed by atoms with E-state index in [-0.39, 0.29) is 11.8 Å². The predicted octanol–water partition coefficient (Wildman–Crippen LogP) is 25.0. The van der Waals surface area contributed by atoms with Gasteiger partial charge in [-0.1, -0.05) is 184 Å². The van der Waals surface area contributed by atoms with Crippen molar-refractivity contribution < 1.29 is 9.59 Å². The van der Waals surface area contributed by atoms with Crippen LogP contribution in [-0.4, -0.2) is 34.7 Å². The van der Waals surface area contributed by atoms with E-state index in [1.54, 1.807) is 22.7 Å². The summed E-state index contributed by atoms with van der Waals surface area (Å²) >= 11 is 15.1. The zero-order valence-electron chi connectivity index (χ0n) is 51.5. The molecule has 0 aliphatic carbocycles. The number of unbranched alkanes of at least 4 members (excludes halogenated alkanes) is 10. The van der Waals surface area contributed by atoms with Crippen molar-refractivity contribution in [1.82, 2.24) is 9.80 Å². The lowest BCUT2D eigenvalue weighted by Crippen LogP contribution is -2.34. The normalized spacial score (nSPS) is 15.4. The van der Waals surface area contributed by atoms with Gasteiger partial charge in [0.2, 0.25) is 0 Å². The molecule has 2 amide bonds. The molecular formula is C72H95BrN2O2S6. The minimum Gasteiger partial charge on any atom is -0.306 e. The first kappa shape index (κ1) is 64.3. The minimum absolute atomic E-state index is 0.0107. The van der Waals surface area contributed by atoms with E-state index in [9.17, 15) is 0 Å². The maximum atomic E-state index is 15.9. The Balaban J connectivity index is 1.19. The largest absolute Gasteiger partial charge is 0.306 e.